The zero-order valence-electron chi connectivity index (χ0n) is 10.2. The highest BCUT2D eigenvalue weighted by molar-refractivity contribution is 9.11. The van der Waals surface area contributed by atoms with Crippen molar-refractivity contribution in [3.05, 3.63) is 64.1 Å². The molecule has 0 aliphatic carbocycles. The molecule has 0 fully saturated rings. The molecule has 2 heterocycles. The number of para-hydroxylation sites is 2. The maximum absolute atomic E-state index is 6.25. The van der Waals surface area contributed by atoms with Crippen molar-refractivity contribution < 1.29 is 4.74 Å². The van der Waals surface area contributed by atoms with E-state index in [9.17, 15) is 0 Å². The molecule has 1 atom stereocenters. The van der Waals surface area contributed by atoms with E-state index in [1.54, 1.807) is 0 Å². The van der Waals surface area contributed by atoms with Crippen LogP contribution in [0.4, 0.5) is 5.69 Å². The fraction of sp³-hybridized carbons (Fsp3) is 0.125. The first-order valence-electron chi connectivity index (χ1n) is 6.29. The molecule has 2 aliphatic rings. The zero-order chi connectivity index (χ0) is 12.9. The highest BCUT2D eigenvalue weighted by Crippen LogP contribution is 2.45. The molecule has 2 aliphatic heterocycles. The third-order valence-corrected chi connectivity index (χ3v) is 4.53. The van der Waals surface area contributed by atoms with Gasteiger partial charge < -0.3 is 10.1 Å². The zero-order valence-corrected chi connectivity index (χ0v) is 11.8. The van der Waals surface area contributed by atoms with Crippen LogP contribution in [0.1, 0.15) is 11.1 Å². The van der Waals surface area contributed by atoms with Gasteiger partial charge in [0.25, 0.3) is 0 Å². The molecule has 0 bridgehead atoms. The van der Waals surface area contributed by atoms with Crippen molar-refractivity contribution in [1.29, 1.82) is 0 Å². The first-order valence-corrected chi connectivity index (χ1v) is 7.08. The molecule has 2 nitrogen and oxygen atoms in total. The molecule has 0 aromatic heterocycles. The second-order valence-electron chi connectivity index (χ2n) is 4.92. The molecule has 0 saturated heterocycles. The molecule has 0 saturated carbocycles. The number of halogens is 1. The Labute approximate surface area is 120 Å². The number of benzene rings is 2. The third kappa shape index (κ3) is 1.61. The maximum atomic E-state index is 6.25. The lowest BCUT2D eigenvalue weighted by Crippen LogP contribution is -2.44. The van der Waals surface area contributed by atoms with E-state index in [1.807, 2.05) is 24.3 Å². The Kier molecular flexibility index (Phi) is 2.27. The van der Waals surface area contributed by atoms with Gasteiger partial charge in [-0.25, -0.2) is 0 Å². The summed E-state index contributed by atoms with van der Waals surface area (Å²) in [5.74, 6) is 0.922. The van der Waals surface area contributed by atoms with E-state index in [1.165, 1.54) is 5.56 Å². The summed E-state index contributed by atoms with van der Waals surface area (Å²) < 4.78 is 7.29. The average molecular weight is 314 g/mol. The highest BCUT2D eigenvalue weighted by Gasteiger charge is 2.43. The summed E-state index contributed by atoms with van der Waals surface area (Å²) in [6.07, 6.45) is 2.96. The monoisotopic (exact) mass is 313 g/mol. The van der Waals surface area contributed by atoms with Crippen molar-refractivity contribution in [3.8, 4) is 5.75 Å². The van der Waals surface area contributed by atoms with E-state index >= 15 is 0 Å². The van der Waals surface area contributed by atoms with Gasteiger partial charge >= 0.3 is 0 Å². The summed E-state index contributed by atoms with van der Waals surface area (Å²) in [7, 11) is 0. The quantitative estimate of drug-likeness (QED) is 0.788. The molecule has 4 rings (SSSR count). The largest absolute Gasteiger partial charge is 0.462 e. The molecule has 3 heteroatoms. The van der Waals surface area contributed by atoms with Crippen LogP contribution in [-0.4, -0.2) is 5.72 Å². The summed E-state index contributed by atoms with van der Waals surface area (Å²) in [4.78, 5) is 0. The van der Waals surface area contributed by atoms with Crippen molar-refractivity contribution in [2.45, 2.75) is 12.1 Å². The minimum Gasteiger partial charge on any atom is -0.462 e. The maximum Gasteiger partial charge on any atom is 0.217 e. The van der Waals surface area contributed by atoms with Crippen molar-refractivity contribution in [2.24, 2.45) is 0 Å². The summed E-state index contributed by atoms with van der Waals surface area (Å²) in [5.41, 5.74) is 3.05. The second kappa shape index (κ2) is 3.87. The van der Waals surface area contributed by atoms with Gasteiger partial charge in [-0.05, 0) is 39.7 Å². The first kappa shape index (κ1) is 11.1. The standard InChI is InChI=1S/C16H12BrNO/c17-15-9-11-5-2-4-8-14(11)19-16(15)10-12-6-1-3-7-13(12)18-16/h1-9,18H,10H2. The molecule has 1 N–H and O–H groups in total. The number of hydrogen-bond donors (Lipinski definition) is 1. The average Bonchev–Trinajstić information content (AvgIpc) is 2.79. The fourth-order valence-electron chi connectivity index (χ4n) is 2.71. The predicted octanol–water partition coefficient (Wildman–Crippen LogP) is 4.18. The van der Waals surface area contributed by atoms with Crippen LogP contribution in [0.15, 0.2) is 53.0 Å². The van der Waals surface area contributed by atoms with Gasteiger partial charge in [-0.1, -0.05) is 36.4 Å². The van der Waals surface area contributed by atoms with Gasteiger partial charge in [0, 0.05) is 17.7 Å². The highest BCUT2D eigenvalue weighted by atomic mass is 79.9. The third-order valence-electron chi connectivity index (χ3n) is 3.66. The molecular weight excluding hydrogens is 302 g/mol. The lowest BCUT2D eigenvalue weighted by molar-refractivity contribution is 0.152. The number of rotatable bonds is 0. The number of nitrogens with one attached hydrogen (secondary N) is 1. The first-order chi connectivity index (χ1) is 9.27. The summed E-state index contributed by atoms with van der Waals surface area (Å²) >= 11 is 3.67. The molecule has 2 aromatic rings. The minimum absolute atomic E-state index is 0.488. The molecule has 94 valence electrons. The van der Waals surface area contributed by atoms with E-state index in [-0.39, 0.29) is 0 Å². The number of ether oxygens (including phenoxy) is 1. The number of hydrogen-bond acceptors (Lipinski definition) is 2. The number of fused-ring (bicyclic) bond motifs is 2. The van der Waals surface area contributed by atoms with Crippen LogP contribution in [-0.2, 0) is 6.42 Å². The SMILES string of the molecule is BrC1=Cc2ccccc2OC12Cc1ccccc1N2. The lowest BCUT2D eigenvalue weighted by atomic mass is 10.0. The summed E-state index contributed by atoms with van der Waals surface area (Å²) in [5, 5.41) is 3.50. The van der Waals surface area contributed by atoms with Crippen LogP contribution < -0.4 is 10.1 Å². The Hall–Kier alpha value is -1.74. The van der Waals surface area contributed by atoms with E-state index < -0.39 is 5.72 Å². The van der Waals surface area contributed by atoms with Gasteiger partial charge in [0.15, 0.2) is 0 Å². The van der Waals surface area contributed by atoms with Crippen molar-refractivity contribution in [2.75, 3.05) is 5.32 Å². The van der Waals surface area contributed by atoms with Gasteiger partial charge in [0.1, 0.15) is 5.75 Å². The van der Waals surface area contributed by atoms with Gasteiger partial charge in [-0.3, -0.25) is 0 Å². The smallest absolute Gasteiger partial charge is 0.217 e. The van der Waals surface area contributed by atoms with Gasteiger partial charge in [-0.2, -0.15) is 0 Å². The summed E-state index contributed by atoms with van der Waals surface area (Å²) in [6, 6.07) is 16.4. The normalized spacial score (nSPS) is 23.1. The van der Waals surface area contributed by atoms with E-state index in [0.29, 0.717) is 0 Å². The molecular formula is C16H12BrNO. The van der Waals surface area contributed by atoms with Crippen LogP contribution in [0.3, 0.4) is 0 Å². The molecule has 0 radical (unpaired) electrons. The topological polar surface area (TPSA) is 21.3 Å². The van der Waals surface area contributed by atoms with Crippen LogP contribution in [0.25, 0.3) is 6.08 Å². The van der Waals surface area contributed by atoms with Gasteiger partial charge in [-0.15, -0.1) is 0 Å². The summed E-state index contributed by atoms with van der Waals surface area (Å²) in [6.45, 7) is 0. The predicted molar refractivity (Wildman–Crippen MR) is 80.5 cm³/mol. The van der Waals surface area contributed by atoms with E-state index in [2.05, 4.69) is 51.6 Å². The molecule has 19 heavy (non-hydrogen) atoms. The van der Waals surface area contributed by atoms with Crippen LogP contribution in [0.2, 0.25) is 0 Å². The van der Waals surface area contributed by atoms with Crippen LogP contribution in [0, 0.1) is 0 Å². The minimum atomic E-state index is -0.488. The molecule has 2 aromatic carbocycles. The van der Waals surface area contributed by atoms with Gasteiger partial charge in [0.05, 0.1) is 4.48 Å². The van der Waals surface area contributed by atoms with E-state index in [4.69, 9.17) is 4.74 Å². The second-order valence-corrected chi connectivity index (χ2v) is 5.77. The molecule has 1 spiro atoms. The van der Waals surface area contributed by atoms with Crippen molar-refractivity contribution in [1.82, 2.24) is 0 Å². The van der Waals surface area contributed by atoms with Gasteiger partial charge in [0.2, 0.25) is 5.72 Å². The fourth-order valence-corrected chi connectivity index (χ4v) is 3.28. The lowest BCUT2D eigenvalue weighted by Gasteiger charge is -2.34. The molecule has 1 unspecified atom stereocenters. The Morgan fingerprint density at radius 2 is 1.84 bits per heavy atom. The van der Waals surface area contributed by atoms with Crippen molar-refractivity contribution >= 4 is 27.7 Å². The van der Waals surface area contributed by atoms with Crippen LogP contribution in [0.5, 0.6) is 5.75 Å². The van der Waals surface area contributed by atoms with Crippen molar-refractivity contribution in [3.63, 3.8) is 0 Å². The van der Waals surface area contributed by atoms with E-state index in [0.717, 1.165) is 27.9 Å². The Balaban J connectivity index is 1.80. The Bertz CT molecular complexity index is 668. The number of anilines is 1. The Morgan fingerprint density at radius 3 is 2.74 bits per heavy atom. The van der Waals surface area contributed by atoms with Crippen LogP contribution >= 0.6 is 15.9 Å². The molecule has 0 amide bonds. The Morgan fingerprint density at radius 1 is 1.05 bits per heavy atom.